The number of hydrogen-bond acceptors (Lipinski definition) is 2. The molecule has 0 bridgehead atoms. The molecule has 4 heteroatoms. The Morgan fingerprint density at radius 3 is 2.53 bits per heavy atom. The first-order valence-corrected chi connectivity index (χ1v) is 6.12. The molecule has 96 valence electrons. The molecular weight excluding hydrogens is 240 g/mol. The zero-order valence-corrected chi connectivity index (χ0v) is 11.0. The van der Waals surface area contributed by atoms with Crippen molar-refractivity contribution in [2.75, 3.05) is 13.0 Å². The molecule has 0 spiro atoms. The molecule has 3 nitrogen and oxygen atoms in total. The van der Waals surface area contributed by atoms with Gasteiger partial charge in [0, 0.05) is 5.88 Å². The molecule has 1 aromatic rings. The summed E-state index contributed by atoms with van der Waals surface area (Å²) >= 11 is 5.38. The molecule has 1 N–H and O–H groups in total. The average molecular weight is 259 g/mol. The van der Waals surface area contributed by atoms with Crippen molar-refractivity contribution in [1.29, 1.82) is 0 Å². The van der Waals surface area contributed by atoms with Gasteiger partial charge < -0.3 is 9.84 Å². The van der Waals surface area contributed by atoms with Crippen molar-refractivity contribution >= 4 is 17.6 Å². The number of carboxylic acid groups (broad SMARTS) is 1. The Labute approximate surface area is 107 Å². The summed E-state index contributed by atoms with van der Waals surface area (Å²) < 4.78 is 4.84. The molecule has 17 heavy (non-hydrogen) atoms. The molecule has 0 unspecified atom stereocenters. The summed E-state index contributed by atoms with van der Waals surface area (Å²) in [5.74, 6) is 0.446. The number of unbranched alkanes of at least 4 members (excludes halogenated alkanes) is 2. The molecule has 0 aromatic heterocycles. The second kappa shape index (κ2) is 9.97. The van der Waals surface area contributed by atoms with Crippen molar-refractivity contribution in [3.05, 3.63) is 29.8 Å². The van der Waals surface area contributed by atoms with Crippen LogP contribution in [-0.2, 0) is 0 Å². The van der Waals surface area contributed by atoms with Crippen LogP contribution in [0.1, 0.15) is 36.5 Å². The van der Waals surface area contributed by atoms with Gasteiger partial charge in [-0.25, -0.2) is 4.79 Å². The Morgan fingerprint density at radius 2 is 2.12 bits per heavy atom. The molecule has 0 saturated carbocycles. The van der Waals surface area contributed by atoms with E-state index in [0.717, 1.165) is 5.88 Å². The standard InChI is InChI=1S/C8H8O3.C5H11Cl/c1-11-7-4-2-3-6(5-7)8(9)10;1-2-3-4-5-6/h2-5H,1H3,(H,9,10);2-5H2,1H3. The number of methoxy groups -OCH3 is 1. The van der Waals surface area contributed by atoms with E-state index in [1.165, 1.54) is 38.5 Å². The van der Waals surface area contributed by atoms with Crippen LogP contribution in [0.2, 0.25) is 0 Å². The van der Waals surface area contributed by atoms with Crippen LogP contribution >= 0.6 is 11.6 Å². The Hall–Kier alpha value is -1.22. The van der Waals surface area contributed by atoms with Gasteiger partial charge >= 0.3 is 5.97 Å². The van der Waals surface area contributed by atoms with Crippen molar-refractivity contribution in [3.8, 4) is 5.75 Å². The van der Waals surface area contributed by atoms with Crippen LogP contribution in [-0.4, -0.2) is 24.1 Å². The number of aromatic carboxylic acids is 1. The molecule has 0 fully saturated rings. The van der Waals surface area contributed by atoms with E-state index in [9.17, 15) is 4.79 Å². The van der Waals surface area contributed by atoms with Gasteiger partial charge in [-0.3, -0.25) is 0 Å². The Balaban J connectivity index is 0.000000366. The van der Waals surface area contributed by atoms with E-state index in [1.807, 2.05) is 0 Å². The van der Waals surface area contributed by atoms with Crippen LogP contribution in [0.25, 0.3) is 0 Å². The average Bonchev–Trinajstić information content (AvgIpc) is 2.37. The van der Waals surface area contributed by atoms with Gasteiger partial charge in [0.25, 0.3) is 0 Å². The van der Waals surface area contributed by atoms with Crippen LogP contribution in [0.5, 0.6) is 5.75 Å². The smallest absolute Gasteiger partial charge is 0.335 e. The van der Waals surface area contributed by atoms with E-state index in [-0.39, 0.29) is 5.56 Å². The van der Waals surface area contributed by atoms with Crippen LogP contribution in [0, 0.1) is 0 Å². The van der Waals surface area contributed by atoms with Crippen molar-refractivity contribution < 1.29 is 14.6 Å². The predicted molar refractivity (Wildman–Crippen MR) is 70.2 cm³/mol. The Kier molecular flexibility index (Phi) is 9.25. The van der Waals surface area contributed by atoms with Gasteiger partial charge in [0.2, 0.25) is 0 Å². The first-order valence-electron chi connectivity index (χ1n) is 5.59. The lowest BCUT2D eigenvalue weighted by molar-refractivity contribution is 0.0696. The minimum atomic E-state index is -0.941. The summed E-state index contributed by atoms with van der Waals surface area (Å²) in [6.07, 6.45) is 3.73. The summed E-state index contributed by atoms with van der Waals surface area (Å²) in [6, 6.07) is 6.34. The molecule has 0 aliphatic carbocycles. The lowest BCUT2D eigenvalue weighted by Gasteiger charge is -1.98. The maximum absolute atomic E-state index is 10.4. The van der Waals surface area contributed by atoms with Gasteiger partial charge in [-0.05, 0) is 24.6 Å². The SMILES string of the molecule is CCCCCCl.COc1cccc(C(=O)O)c1. The summed E-state index contributed by atoms with van der Waals surface area (Å²) in [5.41, 5.74) is 0.240. The molecule has 1 aromatic carbocycles. The molecular formula is C13H19ClO3. The lowest BCUT2D eigenvalue weighted by atomic mass is 10.2. The first kappa shape index (κ1) is 15.8. The van der Waals surface area contributed by atoms with Gasteiger partial charge in [-0.2, -0.15) is 0 Å². The molecule has 0 heterocycles. The van der Waals surface area contributed by atoms with E-state index in [2.05, 4.69) is 6.92 Å². The largest absolute Gasteiger partial charge is 0.497 e. The summed E-state index contributed by atoms with van der Waals surface area (Å²) in [5, 5.41) is 8.55. The van der Waals surface area contributed by atoms with Crippen molar-refractivity contribution in [3.63, 3.8) is 0 Å². The number of alkyl halides is 1. The quantitative estimate of drug-likeness (QED) is 0.645. The number of hydrogen-bond donors (Lipinski definition) is 1. The minimum absolute atomic E-state index is 0.240. The van der Waals surface area contributed by atoms with Gasteiger partial charge in [0.1, 0.15) is 5.75 Å². The van der Waals surface area contributed by atoms with Gasteiger partial charge in [-0.15, -0.1) is 11.6 Å². The predicted octanol–water partition coefficient (Wildman–Crippen LogP) is 3.81. The zero-order chi connectivity index (χ0) is 13.1. The molecule has 0 atom stereocenters. The molecule has 0 radical (unpaired) electrons. The summed E-state index contributed by atoms with van der Waals surface area (Å²) in [7, 11) is 1.50. The molecule has 0 saturated heterocycles. The van der Waals surface area contributed by atoms with E-state index < -0.39 is 5.97 Å². The van der Waals surface area contributed by atoms with Gasteiger partial charge in [0.15, 0.2) is 0 Å². The monoisotopic (exact) mass is 258 g/mol. The highest BCUT2D eigenvalue weighted by Crippen LogP contribution is 2.11. The van der Waals surface area contributed by atoms with Crippen LogP contribution in [0.4, 0.5) is 0 Å². The number of halogens is 1. The summed E-state index contributed by atoms with van der Waals surface area (Å²) in [4.78, 5) is 10.4. The van der Waals surface area contributed by atoms with Crippen molar-refractivity contribution in [2.45, 2.75) is 26.2 Å². The number of carboxylic acids is 1. The zero-order valence-electron chi connectivity index (χ0n) is 10.3. The fraction of sp³-hybridized carbons (Fsp3) is 0.462. The van der Waals surface area contributed by atoms with E-state index in [0.29, 0.717) is 5.75 Å². The second-order valence-corrected chi connectivity index (χ2v) is 3.81. The van der Waals surface area contributed by atoms with E-state index in [4.69, 9.17) is 21.4 Å². The van der Waals surface area contributed by atoms with E-state index in [1.54, 1.807) is 12.1 Å². The van der Waals surface area contributed by atoms with Crippen LogP contribution < -0.4 is 4.74 Å². The first-order chi connectivity index (χ1) is 8.15. The van der Waals surface area contributed by atoms with Crippen molar-refractivity contribution in [2.24, 2.45) is 0 Å². The minimum Gasteiger partial charge on any atom is -0.497 e. The number of rotatable bonds is 5. The molecule has 0 aliphatic rings. The number of ether oxygens (including phenoxy) is 1. The van der Waals surface area contributed by atoms with Crippen LogP contribution in [0.15, 0.2) is 24.3 Å². The lowest BCUT2D eigenvalue weighted by Crippen LogP contribution is -1.95. The highest BCUT2D eigenvalue weighted by atomic mass is 35.5. The highest BCUT2D eigenvalue weighted by Gasteiger charge is 2.01. The third-order valence-electron chi connectivity index (χ3n) is 2.05. The Morgan fingerprint density at radius 1 is 1.41 bits per heavy atom. The fourth-order valence-electron chi connectivity index (χ4n) is 1.10. The Bertz CT molecular complexity index is 322. The van der Waals surface area contributed by atoms with Crippen molar-refractivity contribution in [1.82, 2.24) is 0 Å². The van der Waals surface area contributed by atoms with E-state index >= 15 is 0 Å². The maximum Gasteiger partial charge on any atom is 0.335 e. The summed E-state index contributed by atoms with van der Waals surface area (Å²) in [6.45, 7) is 2.17. The second-order valence-electron chi connectivity index (χ2n) is 3.43. The highest BCUT2D eigenvalue weighted by molar-refractivity contribution is 6.17. The number of benzene rings is 1. The van der Waals surface area contributed by atoms with Gasteiger partial charge in [0.05, 0.1) is 12.7 Å². The number of carbonyl (C=O) groups is 1. The fourth-order valence-corrected chi connectivity index (χ4v) is 1.29. The molecule has 0 amide bonds. The third-order valence-corrected chi connectivity index (χ3v) is 2.32. The molecule has 0 aliphatic heterocycles. The normalized spacial score (nSPS) is 9.12. The topological polar surface area (TPSA) is 46.5 Å². The molecule has 1 rings (SSSR count). The van der Waals surface area contributed by atoms with Crippen LogP contribution in [0.3, 0.4) is 0 Å². The third kappa shape index (κ3) is 7.64. The maximum atomic E-state index is 10.4. The van der Waals surface area contributed by atoms with Gasteiger partial charge in [-0.1, -0.05) is 25.8 Å².